The second kappa shape index (κ2) is 15.1. The van der Waals surface area contributed by atoms with Gasteiger partial charge in [-0.25, -0.2) is 18.0 Å². The first-order chi connectivity index (χ1) is 25.0. The number of fused-ring (bicyclic) bond motifs is 3. The van der Waals surface area contributed by atoms with Crippen molar-refractivity contribution in [2.24, 2.45) is 5.92 Å². The van der Waals surface area contributed by atoms with E-state index in [4.69, 9.17) is 4.74 Å². The molecule has 1 aromatic rings. The van der Waals surface area contributed by atoms with E-state index in [9.17, 15) is 32.4 Å². The summed E-state index contributed by atoms with van der Waals surface area (Å²) in [5, 5.41) is 8.10. The zero-order chi connectivity index (χ0) is 36.5. The highest BCUT2D eigenvalue weighted by molar-refractivity contribution is 7.91. The second-order valence-electron chi connectivity index (χ2n) is 15.4. The average Bonchev–Trinajstić information content (AvgIpc) is 4.00. The van der Waals surface area contributed by atoms with Gasteiger partial charge in [0, 0.05) is 31.5 Å². The van der Waals surface area contributed by atoms with Crippen molar-refractivity contribution in [3.8, 4) is 0 Å². The van der Waals surface area contributed by atoms with Gasteiger partial charge in [0.05, 0.1) is 11.8 Å². The smallest absolute Gasteiger partial charge is 0.410 e. The van der Waals surface area contributed by atoms with Crippen LogP contribution in [0.3, 0.4) is 0 Å². The van der Waals surface area contributed by atoms with Crippen LogP contribution in [0.1, 0.15) is 94.6 Å². The third-order valence-electron chi connectivity index (χ3n) is 11.5. The standard InChI is InChI=1S/C37H50N6O8S/c44-32-31-20-28(51-36(48)42-19-18-24-10-6-7-11-25(24)22-42)23-43(31)33(45)30(39-35(47)38-27-13-8-9-14-27)15-5-3-1-2-4-12-26-21-37(26,40-32)34(46)41-52(49,50)29-16-17-29/h4,6-7,10-12,26-31H,1-3,5,8-9,13-23H2,(H,40,44)(H,41,46)(H2,38,39,47)/b12-4-/t26-,28-,30+,31+,37-/m1/s1. The number of rotatable bonds is 6. The summed E-state index contributed by atoms with van der Waals surface area (Å²) in [4.78, 5) is 71.9. The molecule has 4 fully saturated rings. The molecule has 0 aromatic heterocycles. The van der Waals surface area contributed by atoms with E-state index < -0.39 is 74.8 Å². The topological polar surface area (TPSA) is 183 Å². The predicted octanol–water partition coefficient (Wildman–Crippen LogP) is 2.76. The Hall–Kier alpha value is -4.14. The monoisotopic (exact) mass is 738 g/mol. The van der Waals surface area contributed by atoms with Gasteiger partial charge in [0.2, 0.25) is 21.8 Å². The van der Waals surface area contributed by atoms with Gasteiger partial charge in [-0.15, -0.1) is 0 Å². The van der Waals surface area contributed by atoms with Crippen molar-refractivity contribution < 1.29 is 37.1 Å². The van der Waals surface area contributed by atoms with Crippen LogP contribution >= 0.6 is 0 Å². The lowest BCUT2D eigenvalue weighted by Crippen LogP contribution is -2.59. The van der Waals surface area contributed by atoms with E-state index in [0.717, 1.165) is 44.1 Å². The normalized spacial score (nSPS) is 30.4. The van der Waals surface area contributed by atoms with Gasteiger partial charge < -0.3 is 30.5 Å². The fraction of sp³-hybridized carbons (Fsp3) is 0.649. The Morgan fingerprint density at radius 3 is 2.44 bits per heavy atom. The molecule has 15 heteroatoms. The first kappa shape index (κ1) is 36.2. The van der Waals surface area contributed by atoms with Crippen LogP contribution in [-0.2, 0) is 42.1 Å². The average molecular weight is 739 g/mol. The maximum Gasteiger partial charge on any atom is 0.410 e. The number of hydrogen-bond acceptors (Lipinski definition) is 8. The van der Waals surface area contributed by atoms with Crippen molar-refractivity contribution in [2.45, 2.75) is 131 Å². The Morgan fingerprint density at radius 2 is 1.67 bits per heavy atom. The molecule has 282 valence electrons. The number of ether oxygens (including phenoxy) is 1. The van der Waals surface area contributed by atoms with Crippen LogP contribution in [-0.4, -0.2) is 96.2 Å². The molecule has 1 aromatic carbocycles. The van der Waals surface area contributed by atoms with Crippen molar-refractivity contribution in [1.29, 1.82) is 0 Å². The van der Waals surface area contributed by atoms with E-state index in [-0.39, 0.29) is 25.4 Å². The molecule has 3 aliphatic carbocycles. The minimum Gasteiger partial charge on any atom is -0.444 e. The molecular formula is C37H50N6O8S. The predicted molar refractivity (Wildman–Crippen MR) is 190 cm³/mol. The number of benzene rings is 1. The maximum absolute atomic E-state index is 14.4. The Labute approximate surface area is 304 Å². The van der Waals surface area contributed by atoms with Crippen LogP contribution in [0, 0.1) is 5.92 Å². The zero-order valence-electron chi connectivity index (χ0n) is 29.5. The van der Waals surface area contributed by atoms with E-state index in [2.05, 4.69) is 20.7 Å². The molecule has 4 N–H and O–H groups in total. The SMILES string of the molecule is O=C(NC1CCCC1)N[C@H]1CCCCC/C=C\[C@@H]2C[C@@]2(C(=O)NS(=O)(=O)C2CC2)NC(=O)[C@@H]2C[C@@H](OC(=O)N3CCc4ccccc4C3)CN2C1=O. The molecule has 0 radical (unpaired) electrons. The maximum atomic E-state index is 14.4. The summed E-state index contributed by atoms with van der Waals surface area (Å²) in [7, 11) is -3.88. The molecule has 7 rings (SSSR count). The summed E-state index contributed by atoms with van der Waals surface area (Å²) < 4.78 is 33.7. The van der Waals surface area contributed by atoms with Crippen molar-refractivity contribution in [2.75, 3.05) is 13.1 Å². The quantitative estimate of drug-likeness (QED) is 0.322. The van der Waals surface area contributed by atoms with Crippen LogP contribution in [0.15, 0.2) is 36.4 Å². The van der Waals surface area contributed by atoms with Crippen LogP contribution in [0.25, 0.3) is 0 Å². The van der Waals surface area contributed by atoms with Crippen LogP contribution in [0.5, 0.6) is 0 Å². The Morgan fingerprint density at radius 1 is 0.923 bits per heavy atom. The highest BCUT2D eigenvalue weighted by Gasteiger charge is 2.62. The number of carbonyl (C=O) groups excluding carboxylic acids is 5. The van der Waals surface area contributed by atoms with E-state index in [0.29, 0.717) is 51.6 Å². The number of allylic oxidation sites excluding steroid dienone is 1. The van der Waals surface area contributed by atoms with Crippen LogP contribution in [0.4, 0.5) is 9.59 Å². The van der Waals surface area contributed by atoms with E-state index in [1.807, 2.05) is 36.4 Å². The second-order valence-corrected chi connectivity index (χ2v) is 17.3. The lowest BCUT2D eigenvalue weighted by molar-refractivity contribution is -0.141. The third-order valence-corrected chi connectivity index (χ3v) is 13.3. The van der Waals surface area contributed by atoms with E-state index in [1.165, 1.54) is 10.5 Å². The molecule has 3 saturated carbocycles. The summed E-state index contributed by atoms with van der Waals surface area (Å²) in [5.74, 6) is -2.33. The fourth-order valence-corrected chi connectivity index (χ4v) is 9.54. The number of sulfonamides is 1. The zero-order valence-corrected chi connectivity index (χ0v) is 30.3. The van der Waals surface area contributed by atoms with E-state index >= 15 is 0 Å². The lowest BCUT2D eigenvalue weighted by atomic mass is 10.0. The molecule has 14 nitrogen and oxygen atoms in total. The van der Waals surface area contributed by atoms with Crippen LogP contribution in [0.2, 0.25) is 0 Å². The molecule has 6 aliphatic rings. The van der Waals surface area contributed by atoms with Gasteiger partial charge in [0.15, 0.2) is 0 Å². The van der Waals surface area contributed by atoms with Gasteiger partial charge in [0.1, 0.15) is 23.7 Å². The molecule has 5 atom stereocenters. The van der Waals surface area contributed by atoms with Crippen molar-refractivity contribution in [3.63, 3.8) is 0 Å². The van der Waals surface area contributed by atoms with Gasteiger partial charge in [-0.3, -0.25) is 19.1 Å². The molecule has 0 spiro atoms. The molecule has 3 heterocycles. The molecule has 3 aliphatic heterocycles. The summed E-state index contributed by atoms with van der Waals surface area (Å²) in [6, 6.07) is 5.45. The molecule has 6 amide bonds. The van der Waals surface area contributed by atoms with Crippen molar-refractivity contribution in [1.82, 2.24) is 30.5 Å². The van der Waals surface area contributed by atoms with Gasteiger partial charge in [-0.2, -0.15) is 0 Å². The lowest BCUT2D eigenvalue weighted by Gasteiger charge is -2.30. The summed E-state index contributed by atoms with van der Waals surface area (Å²) in [5.41, 5.74) is 0.704. The highest BCUT2D eigenvalue weighted by atomic mass is 32.2. The van der Waals surface area contributed by atoms with Crippen molar-refractivity contribution >= 4 is 39.9 Å². The van der Waals surface area contributed by atoms with Gasteiger partial charge in [-0.05, 0) is 68.9 Å². The number of nitrogens with zero attached hydrogens (tertiary/aromatic N) is 2. The van der Waals surface area contributed by atoms with E-state index in [1.54, 1.807) is 4.90 Å². The van der Waals surface area contributed by atoms with Gasteiger partial charge in [0.25, 0.3) is 5.91 Å². The minimum atomic E-state index is -3.88. The fourth-order valence-electron chi connectivity index (χ4n) is 8.17. The molecule has 0 unspecified atom stereocenters. The van der Waals surface area contributed by atoms with Crippen LogP contribution < -0.4 is 20.7 Å². The first-order valence-corrected chi connectivity index (χ1v) is 20.5. The minimum absolute atomic E-state index is 0.0205. The number of urea groups is 1. The highest BCUT2D eigenvalue weighted by Crippen LogP contribution is 2.46. The molecule has 0 bridgehead atoms. The summed E-state index contributed by atoms with van der Waals surface area (Å²) in [6.07, 6.45) is 11.4. The number of nitrogens with one attached hydrogen (secondary N) is 4. The Kier molecular flexibility index (Phi) is 10.5. The molecular weight excluding hydrogens is 689 g/mol. The van der Waals surface area contributed by atoms with Gasteiger partial charge in [-0.1, -0.05) is 62.1 Å². The third kappa shape index (κ3) is 8.08. The first-order valence-electron chi connectivity index (χ1n) is 19.0. The Bertz CT molecular complexity index is 1710. The largest absolute Gasteiger partial charge is 0.444 e. The summed E-state index contributed by atoms with van der Waals surface area (Å²) >= 11 is 0. The molecule has 52 heavy (non-hydrogen) atoms. The Balaban J connectivity index is 1.12. The van der Waals surface area contributed by atoms with Crippen molar-refractivity contribution in [3.05, 3.63) is 47.5 Å². The van der Waals surface area contributed by atoms with Gasteiger partial charge >= 0.3 is 12.1 Å². The summed E-state index contributed by atoms with van der Waals surface area (Å²) in [6.45, 7) is 0.772. The molecule has 1 saturated heterocycles. The number of carbonyl (C=O) groups is 5. The number of amides is 6. The number of hydrogen-bond donors (Lipinski definition) is 4.